The van der Waals surface area contributed by atoms with Gasteiger partial charge in [0.15, 0.2) is 0 Å². The van der Waals surface area contributed by atoms with Crippen LogP contribution in [0.1, 0.15) is 17.3 Å². The van der Waals surface area contributed by atoms with E-state index in [1.54, 1.807) is 32.2 Å². The maximum absolute atomic E-state index is 11.9. The fourth-order valence-electron chi connectivity index (χ4n) is 1.46. The lowest BCUT2D eigenvalue weighted by molar-refractivity contribution is -0.141. The zero-order chi connectivity index (χ0) is 15.7. The zero-order valence-corrected chi connectivity index (χ0v) is 13.6. The standard InChI is InChI=1S/C14H18BrNO5/c1-3-20-13(17)9-16-14(18)10-4-5-12(11(15)8-10)21-7-6-19-2/h4-5,8H,3,6-7,9H2,1-2H3,(H,16,18). The summed E-state index contributed by atoms with van der Waals surface area (Å²) in [5, 5.41) is 2.49. The van der Waals surface area contributed by atoms with Crippen LogP contribution in [0, 0.1) is 0 Å². The largest absolute Gasteiger partial charge is 0.490 e. The van der Waals surface area contributed by atoms with Gasteiger partial charge in [-0.25, -0.2) is 0 Å². The molecule has 1 N–H and O–H groups in total. The number of carbonyl (C=O) groups excluding carboxylic acids is 2. The van der Waals surface area contributed by atoms with E-state index in [4.69, 9.17) is 14.2 Å². The zero-order valence-electron chi connectivity index (χ0n) is 12.0. The van der Waals surface area contributed by atoms with Gasteiger partial charge in [-0.05, 0) is 41.1 Å². The molecule has 0 saturated heterocycles. The monoisotopic (exact) mass is 359 g/mol. The molecule has 0 spiro atoms. The number of hydrogen-bond acceptors (Lipinski definition) is 5. The van der Waals surface area contributed by atoms with Gasteiger partial charge < -0.3 is 19.5 Å². The highest BCUT2D eigenvalue weighted by atomic mass is 79.9. The van der Waals surface area contributed by atoms with Gasteiger partial charge in [-0.2, -0.15) is 0 Å². The van der Waals surface area contributed by atoms with Crippen molar-refractivity contribution >= 4 is 27.8 Å². The molecule has 6 nitrogen and oxygen atoms in total. The van der Waals surface area contributed by atoms with Crippen molar-refractivity contribution in [3.63, 3.8) is 0 Å². The van der Waals surface area contributed by atoms with Crippen LogP contribution in [0.3, 0.4) is 0 Å². The number of nitrogens with one attached hydrogen (secondary N) is 1. The summed E-state index contributed by atoms with van der Waals surface area (Å²) in [6, 6.07) is 4.93. The van der Waals surface area contributed by atoms with E-state index < -0.39 is 5.97 Å². The molecule has 0 unspecified atom stereocenters. The third kappa shape index (κ3) is 6.14. The third-order valence-electron chi connectivity index (χ3n) is 2.44. The number of amides is 1. The molecule has 0 radical (unpaired) electrons. The Balaban J connectivity index is 2.57. The predicted octanol–water partition coefficient (Wildman–Crippen LogP) is 1.77. The molecule has 0 aromatic heterocycles. The van der Waals surface area contributed by atoms with Gasteiger partial charge in [0.2, 0.25) is 0 Å². The normalized spacial score (nSPS) is 10.0. The average molecular weight is 360 g/mol. The fourth-order valence-corrected chi connectivity index (χ4v) is 1.95. The van der Waals surface area contributed by atoms with Crippen molar-refractivity contribution in [2.24, 2.45) is 0 Å². The topological polar surface area (TPSA) is 73.9 Å². The summed E-state index contributed by atoms with van der Waals surface area (Å²) < 4.78 is 15.7. The first-order valence-corrected chi connectivity index (χ1v) is 7.22. The molecular formula is C14H18BrNO5. The van der Waals surface area contributed by atoms with Crippen molar-refractivity contribution < 1.29 is 23.8 Å². The van der Waals surface area contributed by atoms with Gasteiger partial charge in [0.1, 0.15) is 18.9 Å². The average Bonchev–Trinajstić information content (AvgIpc) is 2.47. The van der Waals surface area contributed by atoms with Crippen LogP contribution in [0.2, 0.25) is 0 Å². The SMILES string of the molecule is CCOC(=O)CNC(=O)c1ccc(OCCOC)c(Br)c1. The molecule has 0 aliphatic carbocycles. The Morgan fingerprint density at radius 2 is 2.05 bits per heavy atom. The Bertz CT molecular complexity index is 492. The molecule has 0 atom stereocenters. The summed E-state index contributed by atoms with van der Waals surface area (Å²) in [5.74, 6) is -0.203. The minimum Gasteiger partial charge on any atom is -0.490 e. The smallest absolute Gasteiger partial charge is 0.325 e. The van der Waals surface area contributed by atoms with Crippen molar-refractivity contribution in [3.8, 4) is 5.75 Å². The number of esters is 1. The first-order chi connectivity index (χ1) is 10.1. The summed E-state index contributed by atoms with van der Waals surface area (Å²) in [5.41, 5.74) is 0.422. The van der Waals surface area contributed by atoms with Gasteiger partial charge in [0.25, 0.3) is 5.91 Å². The summed E-state index contributed by atoms with van der Waals surface area (Å²) in [6.07, 6.45) is 0. The molecule has 0 bridgehead atoms. The Labute approximate surface area is 131 Å². The molecule has 0 aliphatic heterocycles. The number of ether oxygens (including phenoxy) is 3. The number of hydrogen-bond donors (Lipinski definition) is 1. The molecule has 0 fully saturated rings. The van der Waals surface area contributed by atoms with Gasteiger partial charge in [-0.3, -0.25) is 9.59 Å². The first-order valence-electron chi connectivity index (χ1n) is 6.43. The lowest BCUT2D eigenvalue weighted by Crippen LogP contribution is -2.30. The maximum atomic E-state index is 11.9. The molecule has 0 saturated carbocycles. The first kappa shape index (κ1) is 17.5. The van der Waals surface area contributed by atoms with E-state index in [2.05, 4.69) is 21.2 Å². The highest BCUT2D eigenvalue weighted by molar-refractivity contribution is 9.10. The lowest BCUT2D eigenvalue weighted by atomic mass is 10.2. The molecule has 1 aromatic carbocycles. The summed E-state index contributed by atoms with van der Waals surface area (Å²) in [6.45, 7) is 2.74. The minimum atomic E-state index is -0.468. The molecule has 21 heavy (non-hydrogen) atoms. The Morgan fingerprint density at radius 3 is 2.67 bits per heavy atom. The van der Waals surface area contributed by atoms with E-state index in [-0.39, 0.29) is 19.1 Å². The quantitative estimate of drug-likeness (QED) is 0.565. The van der Waals surface area contributed by atoms with Gasteiger partial charge in [0, 0.05) is 12.7 Å². The number of rotatable bonds is 8. The highest BCUT2D eigenvalue weighted by Gasteiger charge is 2.11. The predicted molar refractivity (Wildman–Crippen MR) is 80.5 cm³/mol. The molecule has 0 aliphatic rings. The van der Waals surface area contributed by atoms with E-state index in [1.807, 2.05) is 0 Å². The van der Waals surface area contributed by atoms with Crippen molar-refractivity contribution in [1.82, 2.24) is 5.32 Å². The van der Waals surface area contributed by atoms with Crippen LogP contribution in [-0.2, 0) is 14.3 Å². The van der Waals surface area contributed by atoms with E-state index >= 15 is 0 Å². The van der Waals surface area contributed by atoms with E-state index in [0.717, 1.165) is 0 Å². The molecule has 1 amide bonds. The fraction of sp³-hybridized carbons (Fsp3) is 0.429. The number of methoxy groups -OCH3 is 1. The Kier molecular flexibility index (Phi) is 7.78. The van der Waals surface area contributed by atoms with Gasteiger partial charge in [-0.15, -0.1) is 0 Å². The minimum absolute atomic E-state index is 0.156. The second-order valence-electron chi connectivity index (χ2n) is 3.97. The van der Waals surface area contributed by atoms with Crippen molar-refractivity contribution in [1.29, 1.82) is 0 Å². The number of benzene rings is 1. The van der Waals surface area contributed by atoms with Crippen molar-refractivity contribution in [3.05, 3.63) is 28.2 Å². The molecule has 116 valence electrons. The Hall–Kier alpha value is -1.60. The van der Waals surface area contributed by atoms with Gasteiger partial charge >= 0.3 is 5.97 Å². The van der Waals surface area contributed by atoms with Crippen LogP contribution >= 0.6 is 15.9 Å². The highest BCUT2D eigenvalue weighted by Crippen LogP contribution is 2.25. The van der Waals surface area contributed by atoms with Gasteiger partial charge in [-0.1, -0.05) is 0 Å². The van der Waals surface area contributed by atoms with E-state index in [0.29, 0.717) is 29.0 Å². The van der Waals surface area contributed by atoms with E-state index in [9.17, 15) is 9.59 Å². The summed E-state index contributed by atoms with van der Waals surface area (Å²) >= 11 is 3.34. The van der Waals surface area contributed by atoms with Crippen molar-refractivity contribution in [2.75, 3.05) is 33.5 Å². The van der Waals surface area contributed by atoms with E-state index in [1.165, 1.54) is 0 Å². The number of carbonyl (C=O) groups is 2. The second kappa shape index (κ2) is 9.36. The van der Waals surface area contributed by atoms with Gasteiger partial charge in [0.05, 0.1) is 17.7 Å². The third-order valence-corrected chi connectivity index (χ3v) is 3.06. The summed E-state index contributed by atoms with van der Waals surface area (Å²) in [7, 11) is 1.59. The maximum Gasteiger partial charge on any atom is 0.325 e. The van der Waals surface area contributed by atoms with Crippen LogP contribution < -0.4 is 10.1 Å². The summed E-state index contributed by atoms with van der Waals surface area (Å²) in [4.78, 5) is 23.0. The second-order valence-corrected chi connectivity index (χ2v) is 4.83. The molecule has 0 heterocycles. The lowest BCUT2D eigenvalue weighted by Gasteiger charge is -2.09. The number of halogens is 1. The molecular weight excluding hydrogens is 342 g/mol. The van der Waals surface area contributed by atoms with Crippen LogP contribution in [0.25, 0.3) is 0 Å². The van der Waals surface area contributed by atoms with Crippen molar-refractivity contribution in [2.45, 2.75) is 6.92 Å². The Morgan fingerprint density at radius 1 is 1.29 bits per heavy atom. The molecule has 7 heteroatoms. The molecule has 1 rings (SSSR count). The van der Waals surface area contributed by atoms with Crippen LogP contribution in [-0.4, -0.2) is 45.4 Å². The van der Waals surface area contributed by atoms with Crippen LogP contribution in [0.5, 0.6) is 5.75 Å². The van der Waals surface area contributed by atoms with Crippen LogP contribution in [0.15, 0.2) is 22.7 Å². The van der Waals surface area contributed by atoms with Crippen LogP contribution in [0.4, 0.5) is 0 Å². The molecule has 1 aromatic rings.